The first-order valence-corrected chi connectivity index (χ1v) is 9.85. The highest BCUT2D eigenvalue weighted by molar-refractivity contribution is 6.40. The Labute approximate surface area is 180 Å². The van der Waals surface area contributed by atoms with Gasteiger partial charge < -0.3 is 20.3 Å². The summed E-state index contributed by atoms with van der Waals surface area (Å²) in [6.07, 6.45) is 0. The lowest BCUT2D eigenvalue weighted by molar-refractivity contribution is -0.136. The Kier molecular flexibility index (Phi) is 6.92. The maximum Gasteiger partial charge on any atom is 0.313 e. The third-order valence-electron chi connectivity index (χ3n) is 4.88. The smallest absolute Gasteiger partial charge is 0.313 e. The van der Waals surface area contributed by atoms with Crippen LogP contribution in [-0.4, -0.2) is 44.5 Å². The van der Waals surface area contributed by atoms with Crippen LogP contribution in [0, 0.1) is 0 Å². The summed E-state index contributed by atoms with van der Waals surface area (Å²) in [4.78, 5) is 26.7. The first kappa shape index (κ1) is 21.6. The fraction of sp³-hybridized carbons (Fsp3) is 0.217. The van der Waals surface area contributed by atoms with Crippen LogP contribution in [0.2, 0.25) is 5.02 Å². The van der Waals surface area contributed by atoms with Gasteiger partial charge in [-0.2, -0.15) is 0 Å². The zero-order valence-electron chi connectivity index (χ0n) is 17.1. The first-order valence-electron chi connectivity index (χ1n) is 9.47. The SMILES string of the molecule is COc1ccc(NC(=O)C(=O)NC[C@H](c2cccc3ccccc23)N(C)C)cc1Cl. The van der Waals surface area contributed by atoms with Gasteiger partial charge in [0.1, 0.15) is 5.75 Å². The van der Waals surface area contributed by atoms with Crippen molar-refractivity contribution in [3.8, 4) is 5.75 Å². The van der Waals surface area contributed by atoms with E-state index in [9.17, 15) is 9.59 Å². The normalized spacial score (nSPS) is 11.9. The number of likely N-dealkylation sites (N-methyl/N-ethyl adjacent to an activating group) is 1. The standard InChI is InChI=1S/C23H24ClN3O3/c1-27(2)20(18-10-6-8-15-7-4-5-9-17(15)18)14-25-22(28)23(29)26-16-11-12-21(30-3)19(24)13-16/h4-13,20H,14H2,1-3H3,(H,25,28)(H,26,29)/t20-/m1/s1. The van der Waals surface area contributed by atoms with Gasteiger partial charge in [0.05, 0.1) is 18.2 Å². The number of methoxy groups -OCH3 is 1. The number of fused-ring (bicyclic) bond motifs is 1. The van der Waals surface area contributed by atoms with Gasteiger partial charge in [0.25, 0.3) is 0 Å². The molecule has 0 fully saturated rings. The molecule has 156 valence electrons. The average molecular weight is 426 g/mol. The second-order valence-corrected chi connectivity index (χ2v) is 7.47. The molecule has 0 aliphatic carbocycles. The number of hydrogen-bond donors (Lipinski definition) is 2. The van der Waals surface area contributed by atoms with Crippen molar-refractivity contribution < 1.29 is 14.3 Å². The molecular weight excluding hydrogens is 402 g/mol. The molecule has 0 aliphatic heterocycles. The summed E-state index contributed by atoms with van der Waals surface area (Å²) in [5.41, 5.74) is 1.50. The minimum atomic E-state index is -0.758. The molecule has 0 spiro atoms. The maximum atomic E-state index is 12.4. The van der Waals surface area contributed by atoms with Crippen LogP contribution >= 0.6 is 11.6 Å². The minimum Gasteiger partial charge on any atom is -0.495 e. The molecule has 3 aromatic carbocycles. The lowest BCUT2D eigenvalue weighted by Crippen LogP contribution is -2.40. The molecule has 6 nitrogen and oxygen atoms in total. The number of nitrogens with zero attached hydrogens (tertiary/aromatic N) is 1. The summed E-state index contributed by atoms with van der Waals surface area (Å²) in [5.74, 6) is -0.983. The predicted molar refractivity (Wildman–Crippen MR) is 120 cm³/mol. The molecule has 0 aliphatic rings. The van der Waals surface area contributed by atoms with Gasteiger partial charge in [-0.1, -0.05) is 54.1 Å². The Balaban J connectivity index is 1.69. The minimum absolute atomic E-state index is 0.0942. The van der Waals surface area contributed by atoms with E-state index in [1.54, 1.807) is 12.1 Å². The van der Waals surface area contributed by atoms with Crippen molar-refractivity contribution in [3.63, 3.8) is 0 Å². The van der Waals surface area contributed by atoms with Crippen LogP contribution in [0.3, 0.4) is 0 Å². The Bertz CT molecular complexity index is 1060. The van der Waals surface area contributed by atoms with Crippen LogP contribution in [0.25, 0.3) is 10.8 Å². The van der Waals surface area contributed by atoms with E-state index in [-0.39, 0.29) is 12.6 Å². The topological polar surface area (TPSA) is 70.7 Å². The zero-order valence-corrected chi connectivity index (χ0v) is 17.9. The highest BCUT2D eigenvalue weighted by Gasteiger charge is 2.20. The van der Waals surface area contributed by atoms with Crippen molar-refractivity contribution in [3.05, 3.63) is 71.2 Å². The summed E-state index contributed by atoms with van der Waals surface area (Å²) in [6, 6.07) is 18.9. The van der Waals surface area contributed by atoms with Crippen LogP contribution in [0.15, 0.2) is 60.7 Å². The molecule has 0 radical (unpaired) electrons. The third-order valence-corrected chi connectivity index (χ3v) is 5.17. The van der Waals surface area contributed by atoms with Crippen molar-refractivity contribution in [2.24, 2.45) is 0 Å². The molecule has 2 N–H and O–H groups in total. The fourth-order valence-electron chi connectivity index (χ4n) is 3.31. The Morgan fingerprint density at radius 3 is 2.47 bits per heavy atom. The van der Waals surface area contributed by atoms with E-state index in [0.29, 0.717) is 16.5 Å². The molecule has 0 bridgehead atoms. The van der Waals surface area contributed by atoms with Crippen molar-refractivity contribution >= 4 is 39.9 Å². The first-order chi connectivity index (χ1) is 14.4. The van der Waals surface area contributed by atoms with Gasteiger partial charge in [-0.05, 0) is 48.6 Å². The number of nitrogens with one attached hydrogen (secondary N) is 2. The molecule has 0 saturated heterocycles. The summed E-state index contributed by atoms with van der Waals surface area (Å²) in [7, 11) is 5.39. The Morgan fingerprint density at radius 1 is 1.03 bits per heavy atom. The fourth-order valence-corrected chi connectivity index (χ4v) is 3.57. The number of carbonyl (C=O) groups excluding carboxylic acids is 2. The van der Waals surface area contributed by atoms with E-state index < -0.39 is 11.8 Å². The number of halogens is 1. The molecule has 2 amide bonds. The van der Waals surface area contributed by atoms with Gasteiger partial charge in [-0.3, -0.25) is 9.59 Å². The molecule has 1 atom stereocenters. The largest absolute Gasteiger partial charge is 0.495 e. The van der Waals surface area contributed by atoms with Gasteiger partial charge in [0.15, 0.2) is 0 Å². The number of amides is 2. The summed E-state index contributed by atoms with van der Waals surface area (Å²) < 4.78 is 5.08. The molecule has 0 unspecified atom stereocenters. The number of rotatable bonds is 6. The van der Waals surface area contributed by atoms with Crippen LogP contribution in [0.5, 0.6) is 5.75 Å². The molecule has 0 heterocycles. The van der Waals surface area contributed by atoms with Gasteiger partial charge in [-0.15, -0.1) is 0 Å². The number of hydrogen-bond acceptors (Lipinski definition) is 4. The molecule has 7 heteroatoms. The van der Waals surface area contributed by atoms with E-state index >= 15 is 0 Å². The van der Waals surface area contributed by atoms with Crippen molar-refractivity contribution in [1.82, 2.24) is 10.2 Å². The molecule has 0 aromatic heterocycles. The lowest BCUT2D eigenvalue weighted by Gasteiger charge is -2.26. The van der Waals surface area contributed by atoms with Crippen LogP contribution in [0.1, 0.15) is 11.6 Å². The van der Waals surface area contributed by atoms with Gasteiger partial charge in [-0.25, -0.2) is 0 Å². The number of anilines is 1. The van der Waals surface area contributed by atoms with Crippen molar-refractivity contribution in [1.29, 1.82) is 0 Å². The van der Waals surface area contributed by atoms with Crippen LogP contribution in [0.4, 0.5) is 5.69 Å². The van der Waals surface area contributed by atoms with Gasteiger partial charge in [0.2, 0.25) is 0 Å². The highest BCUT2D eigenvalue weighted by atomic mass is 35.5. The van der Waals surface area contributed by atoms with Gasteiger partial charge in [0, 0.05) is 12.2 Å². The Hall–Kier alpha value is -3.09. The Morgan fingerprint density at radius 2 is 1.77 bits per heavy atom. The van der Waals surface area contributed by atoms with Crippen LogP contribution in [-0.2, 0) is 9.59 Å². The molecule has 3 aromatic rings. The summed E-state index contributed by atoms with van der Waals surface area (Å²) >= 11 is 6.06. The average Bonchev–Trinajstić information content (AvgIpc) is 2.73. The highest BCUT2D eigenvalue weighted by Crippen LogP contribution is 2.28. The van der Waals surface area contributed by atoms with Gasteiger partial charge >= 0.3 is 11.8 Å². The number of ether oxygens (including phenoxy) is 1. The predicted octanol–water partition coefficient (Wildman–Crippen LogP) is 3.86. The van der Waals surface area contributed by atoms with E-state index in [1.807, 2.05) is 43.3 Å². The van der Waals surface area contributed by atoms with Crippen molar-refractivity contribution in [2.75, 3.05) is 33.1 Å². The zero-order chi connectivity index (χ0) is 21.7. The molecule has 3 rings (SSSR count). The lowest BCUT2D eigenvalue weighted by atomic mass is 9.98. The second kappa shape index (κ2) is 9.61. The number of carbonyl (C=O) groups is 2. The van der Waals surface area contributed by atoms with E-state index in [0.717, 1.165) is 16.3 Å². The molecular formula is C23H24ClN3O3. The summed E-state index contributed by atoms with van der Waals surface area (Å²) in [5, 5.41) is 7.88. The van der Waals surface area contributed by atoms with E-state index in [4.69, 9.17) is 16.3 Å². The quantitative estimate of drug-likeness (QED) is 0.588. The monoisotopic (exact) mass is 425 g/mol. The van der Waals surface area contributed by atoms with E-state index in [1.165, 1.54) is 13.2 Å². The van der Waals surface area contributed by atoms with E-state index in [2.05, 4.69) is 28.8 Å². The van der Waals surface area contributed by atoms with Crippen molar-refractivity contribution in [2.45, 2.75) is 6.04 Å². The molecule has 0 saturated carbocycles. The van der Waals surface area contributed by atoms with Crippen LogP contribution < -0.4 is 15.4 Å². The second-order valence-electron chi connectivity index (χ2n) is 7.06. The number of benzene rings is 3. The third kappa shape index (κ3) is 4.90. The maximum absolute atomic E-state index is 12.4. The summed E-state index contributed by atoms with van der Waals surface area (Å²) in [6.45, 7) is 0.288. The molecule has 30 heavy (non-hydrogen) atoms.